The fourth-order valence-corrected chi connectivity index (χ4v) is 2.54. The van der Waals surface area contributed by atoms with Crippen LogP contribution in [0.15, 0.2) is 23.7 Å². The average molecular weight is 277 g/mol. The van der Waals surface area contributed by atoms with Crippen LogP contribution >= 0.6 is 11.3 Å². The maximum Gasteiger partial charge on any atom is 0.272 e. The molecule has 0 fully saturated rings. The lowest BCUT2D eigenvalue weighted by Crippen LogP contribution is -2.08. The third-order valence-corrected chi connectivity index (χ3v) is 3.89. The molecule has 2 aromatic rings. The summed E-state index contributed by atoms with van der Waals surface area (Å²) in [6, 6.07) is 3.50. The van der Waals surface area contributed by atoms with Crippen molar-refractivity contribution in [3.63, 3.8) is 0 Å². The number of hydrogen-bond acceptors (Lipinski definition) is 5. The van der Waals surface area contributed by atoms with Crippen LogP contribution in [0.3, 0.4) is 0 Å². The zero-order valence-corrected chi connectivity index (χ0v) is 11.8. The summed E-state index contributed by atoms with van der Waals surface area (Å²) in [5, 5.41) is 17.1. The lowest BCUT2D eigenvalue weighted by atomic mass is 10.1. The Balaban J connectivity index is 2.26. The van der Waals surface area contributed by atoms with Crippen LogP contribution in [0.4, 0.5) is 11.4 Å². The molecule has 0 radical (unpaired) electrons. The van der Waals surface area contributed by atoms with Crippen molar-refractivity contribution in [1.82, 2.24) is 4.98 Å². The minimum absolute atomic E-state index is 0.0829. The maximum atomic E-state index is 10.9. The molecule has 0 aliphatic carbocycles. The maximum absolute atomic E-state index is 10.9. The van der Waals surface area contributed by atoms with E-state index in [1.54, 1.807) is 30.5 Å². The van der Waals surface area contributed by atoms with Crippen molar-refractivity contribution < 1.29 is 4.92 Å². The number of nitrogens with zero attached hydrogens (tertiary/aromatic N) is 2. The lowest BCUT2D eigenvalue weighted by molar-refractivity contribution is -0.385. The van der Waals surface area contributed by atoms with Gasteiger partial charge in [-0.1, -0.05) is 0 Å². The fraction of sp³-hybridized carbons (Fsp3) is 0.308. The summed E-state index contributed by atoms with van der Waals surface area (Å²) < 4.78 is 0. The van der Waals surface area contributed by atoms with Crippen LogP contribution in [-0.2, 0) is 0 Å². The van der Waals surface area contributed by atoms with Crippen molar-refractivity contribution in [2.75, 3.05) is 5.32 Å². The van der Waals surface area contributed by atoms with Crippen LogP contribution in [0.1, 0.15) is 29.1 Å². The van der Waals surface area contributed by atoms with Gasteiger partial charge in [0.15, 0.2) is 0 Å². The minimum Gasteiger partial charge on any atom is -0.376 e. The van der Waals surface area contributed by atoms with Gasteiger partial charge in [0.25, 0.3) is 5.69 Å². The predicted molar refractivity (Wildman–Crippen MR) is 76.7 cm³/mol. The van der Waals surface area contributed by atoms with Gasteiger partial charge in [0.2, 0.25) is 0 Å². The molecule has 1 aromatic heterocycles. The Morgan fingerprint density at radius 3 is 2.68 bits per heavy atom. The van der Waals surface area contributed by atoms with Gasteiger partial charge in [-0.2, -0.15) is 0 Å². The van der Waals surface area contributed by atoms with Crippen molar-refractivity contribution in [3.05, 3.63) is 50.0 Å². The second kappa shape index (κ2) is 5.36. The third-order valence-electron chi connectivity index (χ3n) is 2.93. The van der Waals surface area contributed by atoms with E-state index < -0.39 is 0 Å². The summed E-state index contributed by atoms with van der Waals surface area (Å²) >= 11 is 1.59. The monoisotopic (exact) mass is 277 g/mol. The first kappa shape index (κ1) is 13.5. The molecule has 1 atom stereocenters. The molecule has 1 N–H and O–H groups in total. The summed E-state index contributed by atoms with van der Waals surface area (Å²) in [5.74, 6) is 0. The molecule has 1 heterocycles. The van der Waals surface area contributed by atoms with Gasteiger partial charge in [0, 0.05) is 28.9 Å². The molecule has 5 nitrogen and oxygen atoms in total. The van der Waals surface area contributed by atoms with Crippen molar-refractivity contribution in [3.8, 4) is 0 Å². The SMILES string of the molecule is Cc1cc([N+](=O)[O-])c(C)cc1NC(C)c1nccs1. The Morgan fingerprint density at radius 1 is 1.37 bits per heavy atom. The highest BCUT2D eigenvalue weighted by atomic mass is 32.1. The zero-order chi connectivity index (χ0) is 14.0. The summed E-state index contributed by atoms with van der Waals surface area (Å²) in [6.07, 6.45) is 1.77. The molecule has 0 saturated carbocycles. The smallest absolute Gasteiger partial charge is 0.272 e. The molecule has 0 spiro atoms. The van der Waals surface area contributed by atoms with Crippen LogP contribution in [0.5, 0.6) is 0 Å². The number of hydrogen-bond donors (Lipinski definition) is 1. The van der Waals surface area contributed by atoms with Crippen molar-refractivity contribution >= 4 is 22.7 Å². The first-order valence-corrected chi connectivity index (χ1v) is 6.78. The molecule has 2 rings (SSSR count). The van der Waals surface area contributed by atoms with Gasteiger partial charge >= 0.3 is 0 Å². The second-order valence-electron chi connectivity index (χ2n) is 4.45. The first-order valence-electron chi connectivity index (χ1n) is 5.90. The number of aryl methyl sites for hydroxylation is 2. The topological polar surface area (TPSA) is 68.1 Å². The van der Waals surface area contributed by atoms with Crippen LogP contribution in [0, 0.1) is 24.0 Å². The van der Waals surface area contributed by atoms with E-state index in [1.165, 1.54) is 0 Å². The molecule has 19 heavy (non-hydrogen) atoms. The zero-order valence-electron chi connectivity index (χ0n) is 11.0. The molecule has 0 amide bonds. The number of nitro groups is 1. The molecule has 0 aliphatic rings. The summed E-state index contributed by atoms with van der Waals surface area (Å²) in [5.41, 5.74) is 2.58. The minimum atomic E-state index is -0.351. The molecule has 1 unspecified atom stereocenters. The molecule has 0 saturated heterocycles. The molecule has 1 aromatic carbocycles. The summed E-state index contributed by atoms with van der Waals surface area (Å²) in [4.78, 5) is 14.8. The molecule has 0 aliphatic heterocycles. The quantitative estimate of drug-likeness (QED) is 0.681. The first-order chi connectivity index (χ1) is 8.99. The van der Waals surface area contributed by atoms with E-state index in [0.717, 1.165) is 16.3 Å². The average Bonchev–Trinajstić information content (AvgIpc) is 2.86. The molecule has 0 bridgehead atoms. The van der Waals surface area contributed by atoms with Gasteiger partial charge in [-0.25, -0.2) is 4.98 Å². The van der Waals surface area contributed by atoms with Crippen LogP contribution in [-0.4, -0.2) is 9.91 Å². The Labute approximate surface area is 115 Å². The number of nitro benzene ring substituents is 1. The Hall–Kier alpha value is -1.95. The van der Waals surface area contributed by atoms with E-state index in [9.17, 15) is 10.1 Å². The van der Waals surface area contributed by atoms with Crippen molar-refractivity contribution in [2.45, 2.75) is 26.8 Å². The Morgan fingerprint density at radius 2 is 2.11 bits per heavy atom. The van der Waals surface area contributed by atoms with Gasteiger partial charge in [0.1, 0.15) is 5.01 Å². The standard InChI is InChI=1S/C13H15N3O2S/c1-8-7-12(16(17)18)9(2)6-11(8)15-10(3)13-14-4-5-19-13/h4-7,10,15H,1-3H3. The predicted octanol–water partition coefficient (Wildman–Crippen LogP) is 3.84. The Bertz CT molecular complexity index is 596. The van der Waals surface area contributed by atoms with Crippen molar-refractivity contribution in [2.24, 2.45) is 0 Å². The number of thiazole rings is 1. The number of nitrogens with one attached hydrogen (secondary N) is 1. The second-order valence-corrected chi connectivity index (χ2v) is 5.37. The van der Waals surface area contributed by atoms with E-state index in [-0.39, 0.29) is 16.7 Å². The van der Waals surface area contributed by atoms with Crippen LogP contribution < -0.4 is 5.32 Å². The van der Waals surface area contributed by atoms with Crippen LogP contribution in [0.25, 0.3) is 0 Å². The van der Waals surface area contributed by atoms with Gasteiger partial charge in [-0.05, 0) is 32.4 Å². The molecular weight excluding hydrogens is 262 g/mol. The number of aromatic nitrogens is 1. The van der Waals surface area contributed by atoms with E-state index in [4.69, 9.17) is 0 Å². The van der Waals surface area contributed by atoms with E-state index >= 15 is 0 Å². The third kappa shape index (κ3) is 2.90. The van der Waals surface area contributed by atoms with Crippen molar-refractivity contribution in [1.29, 1.82) is 0 Å². The highest BCUT2D eigenvalue weighted by Crippen LogP contribution is 2.29. The number of anilines is 1. The molecule has 6 heteroatoms. The molecule has 100 valence electrons. The highest BCUT2D eigenvalue weighted by molar-refractivity contribution is 7.09. The van der Waals surface area contributed by atoms with E-state index in [1.807, 2.05) is 25.3 Å². The summed E-state index contributed by atoms with van der Waals surface area (Å²) in [7, 11) is 0. The number of benzene rings is 1. The molecular formula is C13H15N3O2S. The Kier molecular flexibility index (Phi) is 3.80. The summed E-state index contributed by atoms with van der Waals surface area (Å²) in [6.45, 7) is 5.63. The van der Waals surface area contributed by atoms with E-state index in [0.29, 0.717) is 5.56 Å². The van der Waals surface area contributed by atoms with Gasteiger partial charge in [-0.15, -0.1) is 11.3 Å². The van der Waals surface area contributed by atoms with Crippen LogP contribution in [0.2, 0.25) is 0 Å². The van der Waals surface area contributed by atoms with Gasteiger partial charge < -0.3 is 5.32 Å². The normalized spacial score (nSPS) is 12.2. The van der Waals surface area contributed by atoms with Gasteiger partial charge in [-0.3, -0.25) is 10.1 Å². The van der Waals surface area contributed by atoms with Gasteiger partial charge in [0.05, 0.1) is 11.0 Å². The fourth-order valence-electron chi connectivity index (χ4n) is 1.90. The van der Waals surface area contributed by atoms with E-state index in [2.05, 4.69) is 10.3 Å². The highest BCUT2D eigenvalue weighted by Gasteiger charge is 2.15. The number of rotatable bonds is 4. The largest absolute Gasteiger partial charge is 0.376 e. The lowest BCUT2D eigenvalue weighted by Gasteiger charge is -2.15.